The van der Waals surface area contributed by atoms with E-state index in [1.54, 1.807) is 11.8 Å². The summed E-state index contributed by atoms with van der Waals surface area (Å²) >= 11 is 3.02. The van der Waals surface area contributed by atoms with Crippen molar-refractivity contribution in [1.29, 1.82) is 0 Å². The van der Waals surface area contributed by atoms with E-state index >= 15 is 0 Å². The molecular weight excluding hydrogens is 240 g/mol. The summed E-state index contributed by atoms with van der Waals surface area (Å²) in [5.41, 5.74) is 4.79. The predicted octanol–water partition coefficient (Wildman–Crippen LogP) is 2.42. The molecule has 0 bridgehead atoms. The lowest BCUT2D eigenvalue weighted by molar-refractivity contribution is 1.07. The lowest BCUT2D eigenvalue weighted by Crippen LogP contribution is -2.06. The van der Waals surface area contributed by atoms with Crippen molar-refractivity contribution < 1.29 is 0 Å². The van der Waals surface area contributed by atoms with E-state index in [1.807, 2.05) is 12.1 Å². The van der Waals surface area contributed by atoms with E-state index in [-0.39, 0.29) is 0 Å². The number of anilines is 1. The summed E-state index contributed by atoms with van der Waals surface area (Å²) in [4.78, 5) is 1.26. The molecule has 0 saturated heterocycles. The van der Waals surface area contributed by atoms with Crippen LogP contribution in [0.25, 0.3) is 0 Å². The van der Waals surface area contributed by atoms with Gasteiger partial charge in [0.15, 0.2) is 0 Å². The second-order valence-corrected chi connectivity index (χ2v) is 5.02. The fraction of sp³-hybridized carbons (Fsp3) is 0.200. The van der Waals surface area contributed by atoms with Gasteiger partial charge in [-0.1, -0.05) is 22.7 Å². The number of nitrogens with zero attached hydrogens (tertiary/aromatic N) is 2. The van der Waals surface area contributed by atoms with Crippen LogP contribution < -0.4 is 11.3 Å². The molecular formula is C10H12N4S2. The molecule has 0 amide bonds. The van der Waals surface area contributed by atoms with Crippen LogP contribution in [0.2, 0.25) is 0 Å². The van der Waals surface area contributed by atoms with Gasteiger partial charge < -0.3 is 5.43 Å². The molecule has 0 radical (unpaired) electrons. The summed E-state index contributed by atoms with van der Waals surface area (Å²) in [5, 5.41) is 4.87. The van der Waals surface area contributed by atoms with Crippen LogP contribution in [0, 0.1) is 6.92 Å². The Bertz CT molecular complexity index is 469. The third-order valence-corrected chi connectivity index (χ3v) is 4.03. The molecule has 16 heavy (non-hydrogen) atoms. The zero-order valence-electron chi connectivity index (χ0n) is 8.80. The number of nitrogens with two attached hydrogens (primary N) is 1. The quantitative estimate of drug-likeness (QED) is 0.497. The fourth-order valence-electron chi connectivity index (χ4n) is 1.28. The molecule has 4 nitrogen and oxygen atoms in total. The zero-order chi connectivity index (χ0) is 11.4. The number of hydrogen-bond acceptors (Lipinski definition) is 6. The van der Waals surface area contributed by atoms with Crippen molar-refractivity contribution in [2.75, 3.05) is 5.43 Å². The normalized spacial score (nSPS) is 10.4. The van der Waals surface area contributed by atoms with Gasteiger partial charge in [0.25, 0.3) is 0 Å². The maximum atomic E-state index is 5.37. The Labute approximate surface area is 102 Å². The monoisotopic (exact) mass is 252 g/mol. The van der Waals surface area contributed by atoms with Crippen LogP contribution in [0.15, 0.2) is 29.2 Å². The largest absolute Gasteiger partial charge is 0.313 e. The first kappa shape index (κ1) is 11.4. The summed E-state index contributed by atoms with van der Waals surface area (Å²) in [7, 11) is 0. The van der Waals surface area contributed by atoms with Crippen molar-refractivity contribution in [2.24, 2.45) is 5.84 Å². The minimum atomic E-state index is 0.779. The van der Waals surface area contributed by atoms with Gasteiger partial charge in [-0.25, -0.2) is 5.84 Å². The van der Waals surface area contributed by atoms with Crippen molar-refractivity contribution in [3.63, 3.8) is 0 Å². The number of nitrogen functional groups attached to an aromatic ring is 1. The zero-order valence-corrected chi connectivity index (χ0v) is 10.4. The lowest BCUT2D eigenvalue weighted by Gasteiger charge is -2.04. The van der Waals surface area contributed by atoms with Gasteiger partial charge in [-0.2, -0.15) is 0 Å². The van der Waals surface area contributed by atoms with E-state index in [1.165, 1.54) is 22.0 Å². The smallest absolute Gasteiger partial charge is 0.148 e. The number of nitrogens with one attached hydrogen (secondary N) is 1. The van der Waals surface area contributed by atoms with Gasteiger partial charge >= 0.3 is 0 Å². The van der Waals surface area contributed by atoms with Crippen molar-refractivity contribution in [3.8, 4) is 0 Å². The van der Waals surface area contributed by atoms with Gasteiger partial charge in [-0.05, 0) is 18.6 Å². The molecule has 2 rings (SSSR count). The number of thioether (sulfide) groups is 1. The SMILES string of the molecule is Cc1ccccc1SCc1nnsc1NN. The first-order valence-electron chi connectivity index (χ1n) is 4.77. The maximum absolute atomic E-state index is 5.37. The molecule has 1 heterocycles. The number of hydrogen-bond donors (Lipinski definition) is 2. The van der Waals surface area contributed by atoms with Gasteiger partial charge in [-0.15, -0.1) is 16.9 Å². The van der Waals surface area contributed by atoms with E-state index in [2.05, 4.69) is 34.1 Å². The van der Waals surface area contributed by atoms with Crippen molar-refractivity contribution in [1.82, 2.24) is 9.59 Å². The highest BCUT2D eigenvalue weighted by Crippen LogP contribution is 2.28. The Hall–Kier alpha value is -1.11. The van der Waals surface area contributed by atoms with Crippen LogP contribution in [0.1, 0.15) is 11.3 Å². The predicted molar refractivity (Wildman–Crippen MR) is 68.5 cm³/mol. The van der Waals surface area contributed by atoms with Crippen LogP contribution in [0.3, 0.4) is 0 Å². The third-order valence-electron chi connectivity index (χ3n) is 2.14. The minimum absolute atomic E-state index is 0.779. The molecule has 2 aromatic rings. The number of hydrazine groups is 1. The Morgan fingerprint density at radius 2 is 2.25 bits per heavy atom. The molecule has 0 atom stereocenters. The second-order valence-electron chi connectivity index (χ2n) is 3.25. The van der Waals surface area contributed by atoms with Gasteiger partial charge in [0.05, 0.1) is 0 Å². The third kappa shape index (κ3) is 2.52. The van der Waals surface area contributed by atoms with Crippen molar-refractivity contribution in [2.45, 2.75) is 17.6 Å². The Morgan fingerprint density at radius 3 is 3.00 bits per heavy atom. The molecule has 0 saturated carbocycles. The van der Waals surface area contributed by atoms with Crippen LogP contribution in [-0.2, 0) is 5.75 Å². The van der Waals surface area contributed by atoms with E-state index < -0.39 is 0 Å². The van der Waals surface area contributed by atoms with E-state index in [4.69, 9.17) is 5.84 Å². The first-order chi connectivity index (χ1) is 7.81. The summed E-state index contributed by atoms with van der Waals surface area (Å²) in [5.74, 6) is 6.14. The molecule has 3 N–H and O–H groups in total. The molecule has 6 heteroatoms. The van der Waals surface area contributed by atoms with Crippen molar-refractivity contribution in [3.05, 3.63) is 35.5 Å². The molecule has 0 aliphatic heterocycles. The van der Waals surface area contributed by atoms with E-state index in [9.17, 15) is 0 Å². The highest BCUT2D eigenvalue weighted by molar-refractivity contribution is 7.98. The summed E-state index contributed by atoms with van der Waals surface area (Å²) in [6.45, 7) is 2.10. The molecule has 0 aliphatic carbocycles. The number of rotatable bonds is 4. The molecule has 84 valence electrons. The minimum Gasteiger partial charge on any atom is -0.313 e. The molecule has 0 unspecified atom stereocenters. The van der Waals surface area contributed by atoms with Gasteiger partial charge in [0.1, 0.15) is 10.7 Å². The number of benzene rings is 1. The summed E-state index contributed by atoms with van der Waals surface area (Å²) in [6, 6.07) is 8.28. The molecule has 0 aliphatic rings. The topological polar surface area (TPSA) is 63.8 Å². The Kier molecular flexibility index (Phi) is 3.76. The molecule has 0 spiro atoms. The molecule has 0 fully saturated rings. The van der Waals surface area contributed by atoms with E-state index in [0.717, 1.165) is 16.4 Å². The maximum Gasteiger partial charge on any atom is 0.148 e. The van der Waals surface area contributed by atoms with E-state index in [0.29, 0.717) is 0 Å². The van der Waals surface area contributed by atoms with Gasteiger partial charge in [-0.3, -0.25) is 0 Å². The standard InChI is InChI=1S/C10H12N4S2/c1-7-4-2-3-5-9(7)15-6-8-10(12-11)16-14-13-8/h2-5,12H,6,11H2,1H3. The number of aryl methyl sites for hydroxylation is 1. The van der Waals surface area contributed by atoms with Crippen LogP contribution in [0.4, 0.5) is 5.00 Å². The second kappa shape index (κ2) is 5.29. The lowest BCUT2D eigenvalue weighted by atomic mass is 10.2. The van der Waals surface area contributed by atoms with Crippen LogP contribution in [-0.4, -0.2) is 9.59 Å². The first-order valence-corrected chi connectivity index (χ1v) is 6.53. The van der Waals surface area contributed by atoms with Gasteiger partial charge in [0, 0.05) is 22.2 Å². The number of aromatic nitrogens is 2. The van der Waals surface area contributed by atoms with Crippen LogP contribution >= 0.6 is 23.3 Å². The average molecular weight is 252 g/mol. The summed E-state index contributed by atoms with van der Waals surface area (Å²) in [6.07, 6.45) is 0. The molecule has 1 aromatic heterocycles. The van der Waals surface area contributed by atoms with Crippen molar-refractivity contribution >= 4 is 28.3 Å². The van der Waals surface area contributed by atoms with Gasteiger partial charge in [0.2, 0.25) is 0 Å². The fourth-order valence-corrected chi connectivity index (χ4v) is 2.83. The average Bonchev–Trinajstić information content (AvgIpc) is 2.75. The highest BCUT2D eigenvalue weighted by Gasteiger charge is 2.07. The highest BCUT2D eigenvalue weighted by atomic mass is 32.2. The van der Waals surface area contributed by atoms with Crippen LogP contribution in [0.5, 0.6) is 0 Å². The summed E-state index contributed by atoms with van der Waals surface area (Å²) < 4.78 is 3.86. The Balaban J connectivity index is 2.05. The Morgan fingerprint density at radius 1 is 1.44 bits per heavy atom. The molecule has 1 aromatic carbocycles.